The van der Waals surface area contributed by atoms with Gasteiger partial charge in [0.25, 0.3) is 0 Å². The van der Waals surface area contributed by atoms with E-state index in [-0.39, 0.29) is 6.10 Å². The zero-order chi connectivity index (χ0) is 21.5. The van der Waals surface area contributed by atoms with E-state index >= 15 is 0 Å². The van der Waals surface area contributed by atoms with Crippen molar-refractivity contribution in [3.05, 3.63) is 30.1 Å². The Kier molecular flexibility index (Phi) is 7.70. The first-order valence-electron chi connectivity index (χ1n) is 11.9. The molecule has 0 atom stereocenters. The molecule has 168 valence electrons. The van der Waals surface area contributed by atoms with Crippen LogP contribution in [-0.2, 0) is 6.54 Å². The fourth-order valence-corrected chi connectivity index (χ4v) is 4.43. The van der Waals surface area contributed by atoms with Gasteiger partial charge in [-0.05, 0) is 69.7 Å². The maximum atomic E-state index is 9.84. The molecule has 0 bridgehead atoms. The van der Waals surface area contributed by atoms with Crippen LogP contribution in [0.1, 0.15) is 63.9 Å². The molecule has 2 aromatic rings. The maximum Gasteiger partial charge on any atom is 0.224 e. The van der Waals surface area contributed by atoms with Crippen LogP contribution in [0, 0.1) is 0 Å². The lowest BCUT2D eigenvalue weighted by molar-refractivity contribution is 0.126. The molecule has 1 aliphatic carbocycles. The van der Waals surface area contributed by atoms with E-state index in [4.69, 9.17) is 9.97 Å². The molecule has 0 spiro atoms. The van der Waals surface area contributed by atoms with Crippen molar-refractivity contribution in [2.75, 3.05) is 30.3 Å². The summed E-state index contributed by atoms with van der Waals surface area (Å²) in [6, 6.07) is 4.58. The predicted molar refractivity (Wildman–Crippen MR) is 125 cm³/mol. The van der Waals surface area contributed by atoms with E-state index in [9.17, 15) is 5.11 Å². The van der Waals surface area contributed by atoms with E-state index in [1.165, 1.54) is 31.5 Å². The highest BCUT2D eigenvalue weighted by molar-refractivity contribution is 5.72. The number of nitrogens with zero attached hydrogens (tertiary/aromatic N) is 4. The van der Waals surface area contributed by atoms with Crippen LogP contribution < -0.4 is 10.6 Å². The lowest BCUT2D eigenvalue weighted by Gasteiger charge is -2.27. The van der Waals surface area contributed by atoms with Crippen LogP contribution in [0.25, 0.3) is 11.3 Å². The Morgan fingerprint density at radius 2 is 1.87 bits per heavy atom. The number of anilines is 2. The number of aliphatic hydroxyl groups excluding tert-OH is 1. The van der Waals surface area contributed by atoms with Gasteiger partial charge in [0.15, 0.2) is 0 Å². The Balaban J connectivity index is 1.51. The molecule has 31 heavy (non-hydrogen) atoms. The van der Waals surface area contributed by atoms with Gasteiger partial charge in [0.2, 0.25) is 5.95 Å². The van der Waals surface area contributed by atoms with Gasteiger partial charge in [0.05, 0.1) is 17.4 Å². The minimum atomic E-state index is -0.168. The van der Waals surface area contributed by atoms with E-state index in [0.29, 0.717) is 12.0 Å². The molecule has 1 saturated carbocycles. The molecule has 1 aliphatic heterocycles. The summed E-state index contributed by atoms with van der Waals surface area (Å²) in [7, 11) is 0. The molecule has 0 amide bonds. The Labute approximate surface area is 185 Å². The number of aromatic nitrogens is 3. The first kappa shape index (κ1) is 22.0. The Hall–Kier alpha value is -2.25. The number of hydrogen-bond acceptors (Lipinski definition) is 7. The molecule has 3 heterocycles. The number of aliphatic hydroxyl groups is 1. The minimum Gasteiger partial charge on any atom is -0.393 e. The minimum absolute atomic E-state index is 0.168. The number of rotatable bonds is 9. The van der Waals surface area contributed by atoms with Crippen molar-refractivity contribution in [2.45, 2.75) is 77.0 Å². The third-order valence-corrected chi connectivity index (χ3v) is 6.35. The average molecular weight is 425 g/mol. The SMILES string of the molecule is CCCCNc1ncc(-c2ccc(CN3CCCC3)cn2)c(N[C@H]2CC[C@H](O)CC2)n1. The summed E-state index contributed by atoms with van der Waals surface area (Å²) in [5, 5.41) is 16.8. The monoisotopic (exact) mass is 424 g/mol. The van der Waals surface area contributed by atoms with Gasteiger partial charge >= 0.3 is 0 Å². The van der Waals surface area contributed by atoms with Gasteiger partial charge in [0, 0.05) is 31.5 Å². The molecular weight excluding hydrogens is 388 g/mol. The number of likely N-dealkylation sites (tertiary alicyclic amines) is 1. The number of nitrogens with one attached hydrogen (secondary N) is 2. The van der Waals surface area contributed by atoms with Gasteiger partial charge in [-0.2, -0.15) is 4.98 Å². The second kappa shape index (κ2) is 10.9. The lowest BCUT2D eigenvalue weighted by Crippen LogP contribution is -2.29. The second-order valence-electron chi connectivity index (χ2n) is 8.92. The molecule has 0 unspecified atom stereocenters. The highest BCUT2D eigenvalue weighted by Crippen LogP contribution is 2.29. The Bertz CT molecular complexity index is 813. The van der Waals surface area contributed by atoms with Crippen LogP contribution in [0.4, 0.5) is 11.8 Å². The molecule has 0 radical (unpaired) electrons. The molecule has 2 aliphatic rings. The van der Waals surface area contributed by atoms with Crippen molar-refractivity contribution < 1.29 is 5.11 Å². The van der Waals surface area contributed by atoms with Crippen LogP contribution >= 0.6 is 0 Å². The van der Waals surface area contributed by atoms with Gasteiger partial charge in [-0.1, -0.05) is 19.4 Å². The standard InChI is InChI=1S/C24H36N6O/c1-2-3-12-25-24-27-16-21(23(29-24)28-19-7-9-20(31)10-8-19)22-11-6-18(15-26-22)17-30-13-4-5-14-30/h6,11,15-16,19-20,31H,2-5,7-10,12-14,17H2,1H3,(H2,25,27,28,29)/t19-,20-. The summed E-state index contributed by atoms with van der Waals surface area (Å²) in [6.07, 6.45) is 12.1. The van der Waals surface area contributed by atoms with Crippen molar-refractivity contribution in [2.24, 2.45) is 0 Å². The molecule has 2 fully saturated rings. The smallest absolute Gasteiger partial charge is 0.224 e. The van der Waals surface area contributed by atoms with Crippen LogP contribution in [0.15, 0.2) is 24.5 Å². The van der Waals surface area contributed by atoms with Crippen molar-refractivity contribution in [1.82, 2.24) is 19.9 Å². The van der Waals surface area contributed by atoms with E-state index in [0.717, 1.165) is 68.7 Å². The third kappa shape index (κ3) is 6.14. The fraction of sp³-hybridized carbons (Fsp3) is 0.625. The van der Waals surface area contributed by atoms with Crippen LogP contribution in [0.2, 0.25) is 0 Å². The summed E-state index contributed by atoms with van der Waals surface area (Å²) < 4.78 is 0. The number of unbranched alkanes of at least 4 members (excludes halogenated alkanes) is 1. The first-order chi connectivity index (χ1) is 15.2. The summed E-state index contributed by atoms with van der Waals surface area (Å²) >= 11 is 0. The highest BCUT2D eigenvalue weighted by atomic mass is 16.3. The summed E-state index contributed by atoms with van der Waals surface area (Å²) in [4.78, 5) is 16.6. The van der Waals surface area contributed by atoms with Gasteiger partial charge in [-0.3, -0.25) is 9.88 Å². The summed E-state index contributed by atoms with van der Waals surface area (Å²) in [5.41, 5.74) is 3.07. The average Bonchev–Trinajstić information content (AvgIpc) is 3.30. The first-order valence-corrected chi connectivity index (χ1v) is 11.9. The normalized spacial score (nSPS) is 21.9. The van der Waals surface area contributed by atoms with E-state index in [1.807, 2.05) is 12.4 Å². The Morgan fingerprint density at radius 1 is 1.06 bits per heavy atom. The largest absolute Gasteiger partial charge is 0.393 e. The molecule has 0 aromatic carbocycles. The predicted octanol–water partition coefficient (Wildman–Crippen LogP) is 4.06. The van der Waals surface area contributed by atoms with Crippen molar-refractivity contribution in [1.29, 1.82) is 0 Å². The van der Waals surface area contributed by atoms with Crippen LogP contribution in [0.3, 0.4) is 0 Å². The number of hydrogen-bond donors (Lipinski definition) is 3. The quantitative estimate of drug-likeness (QED) is 0.523. The van der Waals surface area contributed by atoms with E-state index in [1.54, 1.807) is 0 Å². The van der Waals surface area contributed by atoms with Crippen LogP contribution in [0.5, 0.6) is 0 Å². The Morgan fingerprint density at radius 3 is 2.58 bits per heavy atom. The van der Waals surface area contributed by atoms with Gasteiger partial charge < -0.3 is 15.7 Å². The van der Waals surface area contributed by atoms with Crippen molar-refractivity contribution in [3.8, 4) is 11.3 Å². The second-order valence-corrected chi connectivity index (χ2v) is 8.92. The molecule has 3 N–H and O–H groups in total. The van der Waals surface area contributed by atoms with Crippen LogP contribution in [-0.4, -0.2) is 56.7 Å². The molecule has 4 rings (SSSR count). The third-order valence-electron chi connectivity index (χ3n) is 6.35. The van der Waals surface area contributed by atoms with Gasteiger partial charge in [0.1, 0.15) is 5.82 Å². The molecule has 7 nitrogen and oxygen atoms in total. The van der Waals surface area contributed by atoms with Crippen molar-refractivity contribution >= 4 is 11.8 Å². The zero-order valence-corrected chi connectivity index (χ0v) is 18.7. The fourth-order valence-electron chi connectivity index (χ4n) is 4.43. The molecule has 2 aromatic heterocycles. The topological polar surface area (TPSA) is 86.2 Å². The van der Waals surface area contributed by atoms with Gasteiger partial charge in [-0.15, -0.1) is 0 Å². The molecule has 1 saturated heterocycles. The van der Waals surface area contributed by atoms with E-state index in [2.05, 4.69) is 39.6 Å². The highest BCUT2D eigenvalue weighted by Gasteiger charge is 2.21. The van der Waals surface area contributed by atoms with E-state index < -0.39 is 0 Å². The zero-order valence-electron chi connectivity index (χ0n) is 18.7. The maximum absolute atomic E-state index is 9.84. The molecule has 7 heteroatoms. The number of pyridine rings is 1. The van der Waals surface area contributed by atoms with Crippen molar-refractivity contribution in [3.63, 3.8) is 0 Å². The lowest BCUT2D eigenvalue weighted by atomic mass is 9.93. The summed E-state index contributed by atoms with van der Waals surface area (Å²) in [6.45, 7) is 6.39. The summed E-state index contributed by atoms with van der Waals surface area (Å²) in [5.74, 6) is 1.48. The van der Waals surface area contributed by atoms with Gasteiger partial charge in [-0.25, -0.2) is 4.98 Å². The molecular formula is C24H36N6O.